The summed E-state index contributed by atoms with van der Waals surface area (Å²) in [5.74, 6) is 1.44. The highest BCUT2D eigenvalue weighted by Crippen LogP contribution is 2.43. The van der Waals surface area contributed by atoms with E-state index >= 15 is 0 Å². The molecule has 1 saturated heterocycles. The fraction of sp³-hybridized carbons (Fsp3) is 0.429. The van der Waals surface area contributed by atoms with Crippen LogP contribution < -0.4 is 4.74 Å². The summed E-state index contributed by atoms with van der Waals surface area (Å²) in [5.41, 5.74) is 5.81. The van der Waals surface area contributed by atoms with Crippen molar-refractivity contribution in [3.8, 4) is 22.8 Å². The molecule has 0 radical (unpaired) electrons. The number of piperidine rings is 1. The lowest BCUT2D eigenvalue weighted by Crippen LogP contribution is -2.30. The van der Waals surface area contributed by atoms with Gasteiger partial charge in [0.25, 0.3) is 0 Å². The minimum atomic E-state index is 0.247. The average molecular weight is 365 g/mol. The normalized spacial score (nSPS) is 20.0. The average Bonchev–Trinajstić information content (AvgIpc) is 3.28. The van der Waals surface area contributed by atoms with E-state index in [1.54, 1.807) is 0 Å². The van der Waals surface area contributed by atoms with E-state index < -0.39 is 0 Å². The van der Waals surface area contributed by atoms with Gasteiger partial charge in [0, 0.05) is 41.6 Å². The van der Waals surface area contributed by atoms with E-state index in [0.29, 0.717) is 30.2 Å². The molecule has 5 rings (SSSR count). The van der Waals surface area contributed by atoms with Crippen LogP contribution in [0.25, 0.3) is 22.4 Å². The van der Waals surface area contributed by atoms with Gasteiger partial charge in [0.05, 0.1) is 12.9 Å². The maximum absolute atomic E-state index is 10.8. The van der Waals surface area contributed by atoms with Crippen LogP contribution in [0.4, 0.5) is 0 Å². The van der Waals surface area contributed by atoms with Gasteiger partial charge in [-0.15, -0.1) is 10.2 Å². The van der Waals surface area contributed by atoms with E-state index in [9.17, 15) is 5.11 Å². The molecule has 1 aromatic carbocycles. The van der Waals surface area contributed by atoms with Gasteiger partial charge in [-0.3, -0.25) is 0 Å². The number of hydrogen-bond acceptors (Lipinski definition) is 6. The highest BCUT2D eigenvalue weighted by molar-refractivity contribution is 5.83. The van der Waals surface area contributed by atoms with Crippen LogP contribution in [0.1, 0.15) is 35.4 Å². The largest absolute Gasteiger partial charge is 0.507 e. The third-order valence-corrected chi connectivity index (χ3v) is 5.84. The fourth-order valence-corrected chi connectivity index (χ4v) is 4.45. The molecule has 27 heavy (non-hydrogen) atoms. The summed E-state index contributed by atoms with van der Waals surface area (Å²) in [6.07, 6.45) is 4.87. The number of ether oxygens (including phenoxy) is 1. The molecule has 6 nitrogen and oxygen atoms in total. The summed E-state index contributed by atoms with van der Waals surface area (Å²) in [6, 6.07) is 3.86. The van der Waals surface area contributed by atoms with Crippen LogP contribution >= 0.6 is 0 Å². The van der Waals surface area contributed by atoms with E-state index in [4.69, 9.17) is 9.15 Å². The minimum Gasteiger partial charge on any atom is -0.507 e. The standard InChI is InChI=1S/C21H23N3O3/c1-12-8-17-14(5-7-26-17)21(25)19(12)16-9-18-20(23-22-16)15(11-27-18)13-4-3-6-24(2)10-13/h8-9,11,13,25H,3-7,10H2,1-2H3. The monoisotopic (exact) mass is 365 g/mol. The van der Waals surface area contributed by atoms with E-state index in [2.05, 4.69) is 22.1 Å². The number of phenols is 1. The lowest BCUT2D eigenvalue weighted by Gasteiger charge is -2.28. The summed E-state index contributed by atoms with van der Waals surface area (Å²) >= 11 is 0. The van der Waals surface area contributed by atoms with E-state index in [1.165, 1.54) is 6.42 Å². The molecule has 6 heteroatoms. The van der Waals surface area contributed by atoms with Gasteiger partial charge in [0.15, 0.2) is 5.58 Å². The van der Waals surface area contributed by atoms with Crippen molar-refractivity contribution in [3.63, 3.8) is 0 Å². The second-order valence-electron chi connectivity index (χ2n) is 7.73. The number of likely N-dealkylation sites (N-methyl/N-ethyl adjacent to an activating group) is 1. The minimum absolute atomic E-state index is 0.247. The van der Waals surface area contributed by atoms with E-state index in [1.807, 2.05) is 25.3 Å². The molecule has 1 atom stereocenters. The Morgan fingerprint density at radius 1 is 1.26 bits per heavy atom. The first-order chi connectivity index (χ1) is 13.1. The van der Waals surface area contributed by atoms with Gasteiger partial charge >= 0.3 is 0 Å². The molecule has 2 aliphatic heterocycles. The molecule has 0 aliphatic carbocycles. The molecule has 0 amide bonds. The predicted octanol–water partition coefficient (Wildman–Crippen LogP) is 3.65. The number of fused-ring (bicyclic) bond motifs is 2. The van der Waals surface area contributed by atoms with Crippen LogP contribution in [0.15, 0.2) is 22.8 Å². The van der Waals surface area contributed by atoms with Crippen molar-refractivity contribution >= 4 is 11.1 Å². The molecule has 0 bridgehead atoms. The van der Waals surface area contributed by atoms with Gasteiger partial charge in [0.2, 0.25) is 0 Å². The highest BCUT2D eigenvalue weighted by atomic mass is 16.5. The Hall–Kier alpha value is -2.60. The number of aromatic nitrogens is 2. The lowest BCUT2D eigenvalue weighted by molar-refractivity contribution is 0.250. The Balaban J connectivity index is 1.57. The van der Waals surface area contributed by atoms with Crippen LogP contribution in [0.2, 0.25) is 0 Å². The van der Waals surface area contributed by atoms with Crippen LogP contribution in [-0.2, 0) is 6.42 Å². The Kier molecular flexibility index (Phi) is 3.82. The maximum atomic E-state index is 10.8. The number of furan rings is 1. The van der Waals surface area contributed by atoms with E-state index in [0.717, 1.165) is 53.0 Å². The molecule has 0 spiro atoms. The molecular weight excluding hydrogens is 342 g/mol. The van der Waals surface area contributed by atoms with Crippen molar-refractivity contribution in [1.82, 2.24) is 15.1 Å². The van der Waals surface area contributed by atoms with Crippen LogP contribution in [-0.4, -0.2) is 46.9 Å². The Bertz CT molecular complexity index is 1030. The Morgan fingerprint density at radius 2 is 2.15 bits per heavy atom. The molecule has 3 aromatic rings. The zero-order valence-corrected chi connectivity index (χ0v) is 15.7. The smallest absolute Gasteiger partial charge is 0.156 e. The first kappa shape index (κ1) is 16.6. The fourth-order valence-electron chi connectivity index (χ4n) is 4.45. The van der Waals surface area contributed by atoms with Gasteiger partial charge in [-0.25, -0.2) is 0 Å². The molecule has 1 fully saturated rings. The highest BCUT2D eigenvalue weighted by Gasteiger charge is 2.26. The van der Waals surface area contributed by atoms with Gasteiger partial charge in [-0.1, -0.05) is 0 Å². The number of nitrogens with zero attached hydrogens (tertiary/aromatic N) is 3. The van der Waals surface area contributed by atoms with Crippen molar-refractivity contribution in [2.24, 2.45) is 0 Å². The van der Waals surface area contributed by atoms with Crippen molar-refractivity contribution in [2.75, 3.05) is 26.7 Å². The first-order valence-electron chi connectivity index (χ1n) is 9.54. The van der Waals surface area contributed by atoms with Gasteiger partial charge in [-0.05, 0) is 45.0 Å². The topological polar surface area (TPSA) is 71.6 Å². The van der Waals surface area contributed by atoms with E-state index in [-0.39, 0.29) is 5.75 Å². The van der Waals surface area contributed by atoms with Crippen LogP contribution in [0.3, 0.4) is 0 Å². The molecule has 1 unspecified atom stereocenters. The third kappa shape index (κ3) is 2.67. The Morgan fingerprint density at radius 3 is 3.00 bits per heavy atom. The third-order valence-electron chi connectivity index (χ3n) is 5.84. The summed E-state index contributed by atoms with van der Waals surface area (Å²) in [4.78, 5) is 2.35. The number of hydrogen-bond donors (Lipinski definition) is 1. The van der Waals surface area contributed by atoms with Crippen LogP contribution in [0.5, 0.6) is 11.5 Å². The van der Waals surface area contributed by atoms with Crippen molar-refractivity contribution in [1.29, 1.82) is 0 Å². The molecule has 0 saturated carbocycles. The summed E-state index contributed by atoms with van der Waals surface area (Å²) in [5, 5.41) is 19.7. The number of aromatic hydroxyl groups is 1. The number of likely N-dealkylation sites (tertiary alicyclic amines) is 1. The molecular formula is C21H23N3O3. The van der Waals surface area contributed by atoms with Gasteiger partial charge in [0.1, 0.15) is 22.7 Å². The van der Waals surface area contributed by atoms with Crippen molar-refractivity contribution < 1.29 is 14.3 Å². The zero-order valence-electron chi connectivity index (χ0n) is 15.7. The Labute approximate surface area is 157 Å². The SMILES string of the molecule is Cc1cc2c(c(O)c1-c1cc3occ(C4CCCN(C)C4)c3nn1)CCO2. The van der Waals surface area contributed by atoms with Gasteiger partial charge < -0.3 is 19.2 Å². The molecule has 2 aliphatic rings. The number of rotatable bonds is 2. The molecule has 2 aromatic heterocycles. The summed E-state index contributed by atoms with van der Waals surface area (Å²) in [6.45, 7) is 4.72. The second-order valence-corrected chi connectivity index (χ2v) is 7.73. The van der Waals surface area contributed by atoms with Gasteiger partial charge in [-0.2, -0.15) is 0 Å². The summed E-state index contributed by atoms with van der Waals surface area (Å²) < 4.78 is 11.4. The second kappa shape index (κ2) is 6.23. The van der Waals surface area contributed by atoms with Crippen LogP contribution in [0, 0.1) is 6.92 Å². The molecule has 1 N–H and O–H groups in total. The zero-order chi connectivity index (χ0) is 18.5. The number of phenolic OH excluding ortho intramolecular Hbond substituents is 1. The summed E-state index contributed by atoms with van der Waals surface area (Å²) in [7, 11) is 2.15. The van der Waals surface area contributed by atoms with Crippen molar-refractivity contribution in [2.45, 2.75) is 32.1 Å². The maximum Gasteiger partial charge on any atom is 0.156 e. The first-order valence-corrected chi connectivity index (χ1v) is 9.54. The lowest BCUT2D eigenvalue weighted by atomic mass is 9.92. The molecule has 140 valence electrons. The quantitative estimate of drug-likeness (QED) is 0.747. The number of benzene rings is 1. The predicted molar refractivity (Wildman–Crippen MR) is 102 cm³/mol. The molecule has 4 heterocycles. The number of aryl methyl sites for hydroxylation is 1. The van der Waals surface area contributed by atoms with Crippen molar-refractivity contribution in [3.05, 3.63) is 35.1 Å².